The second-order valence-corrected chi connectivity index (χ2v) is 19.6. The Morgan fingerprint density at radius 3 is 1.78 bits per heavy atom. The van der Waals surface area contributed by atoms with Crippen molar-refractivity contribution in [2.75, 3.05) is 40.5 Å². The molecular formula is C68H62N5O9P. The summed E-state index contributed by atoms with van der Waals surface area (Å²) in [5.74, 6) is 50.9. The van der Waals surface area contributed by atoms with Crippen LogP contribution in [0.15, 0.2) is 113 Å². The number of nitrogens with one attached hydrogen (secondary N) is 2. The molecule has 1 aliphatic heterocycles. The van der Waals surface area contributed by atoms with Crippen molar-refractivity contribution in [1.82, 2.24) is 19.5 Å². The Balaban J connectivity index is 1.36. The molecule has 2 unspecified atom stereocenters. The van der Waals surface area contributed by atoms with Crippen LogP contribution in [0.1, 0.15) is 83.2 Å². The molecule has 0 bridgehead atoms. The zero-order chi connectivity index (χ0) is 59.5. The lowest BCUT2D eigenvalue weighted by Gasteiger charge is -2.39. The Morgan fingerprint density at radius 1 is 0.747 bits per heavy atom. The standard InChI is InChI=1S/C68H62N5O9P/c1-9-10-11-12-13-14-15-16-17-18-19-20-21-22-23-24-25-28-34-39-63(74)70-49-35-29-26-27-33-38-61-65(82-83(80-52-50-69-6)73(54(2)3)55(4)5)62(81-66(61)72-51-48-64(75)71-67(72)76)53-79-68(56-36-31-30-32-37-56,57-40-44-59(77-7)45-41-57)58-42-46-60(78-8)47-43-58/h27,30-33,36-37,40-48,51,54-55,61-62,65-66H,26,29,35,38,49-50,52-53H2,1-5,7-8H3,(H,70,74)(H,71,75,76)/b33-27+/t61?,62-,65-,66-,83?/m1/s1. The Bertz CT molecular complexity index is 3650. The van der Waals surface area contributed by atoms with E-state index in [-0.39, 0.29) is 31.8 Å². The molecule has 0 spiro atoms. The maximum atomic E-state index is 13.8. The molecule has 1 aliphatic rings. The van der Waals surface area contributed by atoms with Gasteiger partial charge in [-0.1, -0.05) is 72.7 Å². The first-order chi connectivity index (χ1) is 40.5. The highest BCUT2D eigenvalue weighted by Gasteiger charge is 2.50. The van der Waals surface area contributed by atoms with Crippen LogP contribution in [0, 0.1) is 131 Å². The van der Waals surface area contributed by atoms with Crippen molar-refractivity contribution < 1.29 is 32.8 Å². The number of H-pyrrole nitrogens is 1. The SMILES string of the molecule is [C-]#[N+]CCOP(O[C@@H]1C(C/C=C/CCCCNC(=O)C#CC#CC#CC#CC#CC#CC#CC#CC#CC#CC)[C@H](n2ccc(=O)[nH]c2=O)O[C@@H]1COC(c1ccccc1)(c1ccc(OC)cc1)c1ccc(OC)cc1)N(C(C)C)C(C)C. The number of rotatable bonds is 24. The number of unbranched alkanes of at least 4 members (excludes halogenated alkanes) is 2. The Hall–Kier alpha value is -9.53. The van der Waals surface area contributed by atoms with Gasteiger partial charge >= 0.3 is 5.69 Å². The number of carbonyl (C=O) groups excluding carboxylic acids is 1. The maximum absolute atomic E-state index is 13.8. The quantitative estimate of drug-likeness (QED) is 0.0177. The van der Waals surface area contributed by atoms with Crippen LogP contribution >= 0.6 is 8.53 Å². The highest BCUT2D eigenvalue weighted by atomic mass is 31.2. The zero-order valence-corrected chi connectivity index (χ0v) is 48.3. The Labute approximate surface area is 489 Å². The molecule has 0 radical (unpaired) electrons. The van der Waals surface area contributed by atoms with E-state index >= 15 is 0 Å². The van der Waals surface area contributed by atoms with E-state index in [9.17, 15) is 14.4 Å². The molecule has 3 aromatic carbocycles. The Kier molecular flexibility index (Phi) is 27.8. The number of aromatic amines is 1. The smallest absolute Gasteiger partial charge is 0.330 e. The molecule has 83 heavy (non-hydrogen) atoms. The van der Waals surface area contributed by atoms with Gasteiger partial charge in [0.25, 0.3) is 20.0 Å². The average Bonchev–Trinajstić information content (AvgIpc) is 3.98. The van der Waals surface area contributed by atoms with Crippen LogP contribution in [0.3, 0.4) is 0 Å². The van der Waals surface area contributed by atoms with Gasteiger partial charge in [0.05, 0.1) is 20.8 Å². The molecule has 5 rings (SSSR count). The zero-order valence-electron chi connectivity index (χ0n) is 47.4. The molecule has 15 heteroatoms. The van der Waals surface area contributed by atoms with Crippen LogP contribution in [0.4, 0.5) is 0 Å². The molecule has 2 heterocycles. The number of nitrogens with zero attached hydrogens (tertiary/aromatic N) is 3. The van der Waals surface area contributed by atoms with Crippen LogP contribution in [-0.4, -0.2) is 84.9 Å². The highest BCUT2D eigenvalue weighted by molar-refractivity contribution is 7.44. The molecule has 1 amide bonds. The molecule has 5 atom stereocenters. The van der Waals surface area contributed by atoms with Crippen molar-refractivity contribution in [2.24, 2.45) is 5.92 Å². The Morgan fingerprint density at radius 2 is 1.28 bits per heavy atom. The summed E-state index contributed by atoms with van der Waals surface area (Å²) < 4.78 is 42.9. The summed E-state index contributed by atoms with van der Waals surface area (Å²) in [4.78, 5) is 44.6. The molecule has 418 valence electrons. The minimum absolute atomic E-state index is 0.0214. The van der Waals surface area contributed by atoms with Crippen molar-refractivity contribution in [2.45, 2.75) is 96.4 Å². The fraction of sp³-hybridized carbons (Fsp3) is 0.324. The third-order valence-electron chi connectivity index (χ3n) is 12.1. The molecule has 2 N–H and O–H groups in total. The molecular weight excluding hydrogens is 1060 g/mol. The van der Waals surface area contributed by atoms with Gasteiger partial charge in [-0.15, -0.1) is 0 Å². The van der Waals surface area contributed by atoms with Crippen LogP contribution in [-0.2, 0) is 28.9 Å². The summed E-state index contributed by atoms with van der Waals surface area (Å²) in [6.07, 6.45) is 5.43. The van der Waals surface area contributed by atoms with Crippen molar-refractivity contribution in [3.63, 3.8) is 0 Å². The van der Waals surface area contributed by atoms with E-state index in [4.69, 9.17) is 34.6 Å². The van der Waals surface area contributed by atoms with Gasteiger partial charge in [-0.05, 0) is 196 Å². The van der Waals surface area contributed by atoms with E-state index in [2.05, 4.69) is 166 Å². The molecule has 1 saturated heterocycles. The van der Waals surface area contributed by atoms with E-state index in [0.717, 1.165) is 23.1 Å². The summed E-state index contributed by atoms with van der Waals surface area (Å²) in [6.45, 7) is 18.1. The fourth-order valence-electron chi connectivity index (χ4n) is 8.56. The summed E-state index contributed by atoms with van der Waals surface area (Å²) in [5.41, 5.74) is 0.00667. The van der Waals surface area contributed by atoms with Gasteiger partial charge in [-0.3, -0.25) is 19.1 Å². The van der Waals surface area contributed by atoms with E-state index in [1.807, 2.05) is 91.0 Å². The van der Waals surface area contributed by atoms with Crippen molar-refractivity contribution in [3.05, 3.63) is 152 Å². The van der Waals surface area contributed by atoms with Crippen molar-refractivity contribution in [3.8, 4) is 130 Å². The van der Waals surface area contributed by atoms with Crippen molar-refractivity contribution >= 4 is 14.4 Å². The molecule has 0 saturated carbocycles. The van der Waals surface area contributed by atoms with Crippen LogP contribution in [0.25, 0.3) is 4.85 Å². The third kappa shape index (κ3) is 20.5. The lowest BCUT2D eigenvalue weighted by atomic mass is 9.80. The largest absolute Gasteiger partial charge is 0.497 e. The minimum Gasteiger partial charge on any atom is -0.497 e. The van der Waals surface area contributed by atoms with Crippen LogP contribution in [0.2, 0.25) is 0 Å². The predicted octanol–water partition coefficient (Wildman–Crippen LogP) is 8.03. The van der Waals surface area contributed by atoms with Gasteiger partial charge < -0.3 is 38.2 Å². The van der Waals surface area contributed by atoms with Gasteiger partial charge in [0.2, 0.25) is 6.54 Å². The third-order valence-corrected chi connectivity index (χ3v) is 14.2. The van der Waals surface area contributed by atoms with Gasteiger partial charge in [0.15, 0.2) is 0 Å². The number of allylic oxidation sites excluding steroid dienone is 2. The molecule has 0 aliphatic carbocycles. The summed E-state index contributed by atoms with van der Waals surface area (Å²) in [6, 6.07) is 26.6. The second kappa shape index (κ2) is 36.0. The van der Waals surface area contributed by atoms with Crippen molar-refractivity contribution in [1.29, 1.82) is 0 Å². The van der Waals surface area contributed by atoms with Gasteiger partial charge in [0, 0.05) is 54.6 Å². The van der Waals surface area contributed by atoms with Gasteiger partial charge in [0.1, 0.15) is 42.1 Å². The number of amides is 1. The number of hydrogen-bond donors (Lipinski definition) is 2. The summed E-state index contributed by atoms with van der Waals surface area (Å²) in [7, 11) is 1.40. The van der Waals surface area contributed by atoms with E-state index in [1.165, 1.54) is 16.8 Å². The number of carbonyl (C=O) groups is 1. The fourth-order valence-corrected chi connectivity index (χ4v) is 10.4. The van der Waals surface area contributed by atoms with E-state index in [1.54, 1.807) is 21.1 Å². The number of aromatic nitrogens is 2. The molecule has 4 aromatic rings. The normalized spacial score (nSPS) is 14.8. The van der Waals surface area contributed by atoms with E-state index in [0.29, 0.717) is 37.3 Å². The number of benzene rings is 3. The average molecular weight is 1120 g/mol. The first-order valence-corrected chi connectivity index (χ1v) is 27.6. The first kappa shape index (κ1) is 64.3. The number of methoxy groups -OCH3 is 2. The highest BCUT2D eigenvalue weighted by Crippen LogP contribution is 2.52. The molecule has 1 fully saturated rings. The minimum atomic E-state index is -1.83. The van der Waals surface area contributed by atoms with Gasteiger partial charge in [-0.2, -0.15) is 0 Å². The molecule has 1 aromatic heterocycles. The van der Waals surface area contributed by atoms with Crippen LogP contribution in [0.5, 0.6) is 11.5 Å². The van der Waals surface area contributed by atoms with Crippen LogP contribution < -0.4 is 26.0 Å². The first-order valence-electron chi connectivity index (χ1n) is 26.5. The lowest BCUT2D eigenvalue weighted by Crippen LogP contribution is -2.41. The predicted molar refractivity (Wildman–Crippen MR) is 322 cm³/mol. The summed E-state index contributed by atoms with van der Waals surface area (Å²) in [5, 5.41) is 2.79. The second-order valence-electron chi connectivity index (χ2n) is 18.2. The topological polar surface area (TPSA) is 147 Å². The lowest BCUT2D eigenvalue weighted by molar-refractivity contribution is -0.115. The molecule has 14 nitrogen and oxygen atoms in total. The van der Waals surface area contributed by atoms with Gasteiger partial charge in [-0.25, -0.2) is 16.0 Å². The maximum Gasteiger partial charge on any atom is 0.330 e. The summed E-state index contributed by atoms with van der Waals surface area (Å²) >= 11 is 0. The van der Waals surface area contributed by atoms with E-state index < -0.39 is 55.6 Å². The number of ether oxygens (including phenoxy) is 4. The number of hydrogen-bond acceptors (Lipinski definition) is 10. The monoisotopic (exact) mass is 1120 g/mol.